The Kier molecular flexibility index (Phi) is 7.17. The Morgan fingerprint density at radius 1 is 0.943 bits per heavy atom. The first-order valence-corrected chi connectivity index (χ1v) is 12.4. The predicted molar refractivity (Wildman–Crippen MR) is 140 cm³/mol. The minimum absolute atomic E-state index is 0.0558. The van der Waals surface area contributed by atoms with Crippen molar-refractivity contribution in [1.29, 1.82) is 0 Å². The fourth-order valence-electron chi connectivity index (χ4n) is 4.82. The second kappa shape index (κ2) is 10.8. The number of hydrogen-bond acceptors (Lipinski definition) is 4. The van der Waals surface area contributed by atoms with Crippen LogP contribution in [0.2, 0.25) is 0 Å². The third-order valence-corrected chi connectivity index (χ3v) is 6.67. The van der Waals surface area contributed by atoms with Crippen molar-refractivity contribution >= 4 is 16.8 Å². The monoisotopic (exact) mass is 465 g/mol. The lowest BCUT2D eigenvalue weighted by Gasteiger charge is -2.29. The van der Waals surface area contributed by atoms with Gasteiger partial charge in [0.15, 0.2) is 0 Å². The predicted octanol–water partition coefficient (Wildman–Crippen LogP) is 5.62. The first-order valence-electron chi connectivity index (χ1n) is 12.4. The van der Waals surface area contributed by atoms with Crippen molar-refractivity contribution < 1.29 is 9.53 Å². The molecule has 1 fully saturated rings. The second-order valence-electron chi connectivity index (χ2n) is 8.93. The van der Waals surface area contributed by atoms with Crippen molar-refractivity contribution in [3.8, 4) is 11.3 Å². The zero-order valence-corrected chi connectivity index (χ0v) is 20.1. The summed E-state index contributed by atoms with van der Waals surface area (Å²) in [4.78, 5) is 21.5. The maximum absolute atomic E-state index is 14.1. The van der Waals surface area contributed by atoms with Crippen LogP contribution in [0.4, 0.5) is 0 Å². The van der Waals surface area contributed by atoms with E-state index in [9.17, 15) is 4.79 Å². The molecule has 5 nitrogen and oxygen atoms in total. The molecule has 1 amide bonds. The normalized spacial score (nSPS) is 15.1. The molecule has 1 atom stereocenters. The number of amides is 1. The molecular weight excluding hydrogens is 434 g/mol. The summed E-state index contributed by atoms with van der Waals surface area (Å²) in [5.41, 5.74) is 5.52. The van der Waals surface area contributed by atoms with E-state index in [4.69, 9.17) is 9.72 Å². The fraction of sp³-hybridized carbons (Fsp3) is 0.267. The molecule has 0 saturated carbocycles. The van der Waals surface area contributed by atoms with Crippen molar-refractivity contribution in [3.05, 3.63) is 102 Å². The largest absolute Gasteiger partial charge is 0.379 e. The van der Waals surface area contributed by atoms with Crippen molar-refractivity contribution in [2.75, 3.05) is 26.3 Å². The highest BCUT2D eigenvalue weighted by Gasteiger charge is 2.25. The molecular formula is C30H31N3O2. The van der Waals surface area contributed by atoms with E-state index in [1.807, 2.05) is 60.7 Å². The Bertz CT molecular complexity index is 1290. The van der Waals surface area contributed by atoms with Crippen LogP contribution in [0.1, 0.15) is 40.9 Å². The molecule has 0 spiro atoms. The van der Waals surface area contributed by atoms with Crippen LogP contribution in [0.5, 0.6) is 0 Å². The van der Waals surface area contributed by atoms with Gasteiger partial charge in [0.2, 0.25) is 0 Å². The molecule has 4 aromatic rings. The van der Waals surface area contributed by atoms with Crippen molar-refractivity contribution in [2.24, 2.45) is 0 Å². The summed E-state index contributed by atoms with van der Waals surface area (Å²) in [7, 11) is 0. The van der Waals surface area contributed by atoms with Gasteiger partial charge in [-0.2, -0.15) is 0 Å². The summed E-state index contributed by atoms with van der Waals surface area (Å²) >= 11 is 0. The SMILES string of the molecule is CC[C@H](NC(=O)c1c(CN2CCOCC2)c(-c2ccccc2)nc2ccccc12)c1ccccc1. The number of carbonyl (C=O) groups is 1. The van der Waals surface area contributed by atoms with Gasteiger partial charge in [0, 0.05) is 36.1 Å². The van der Waals surface area contributed by atoms with E-state index < -0.39 is 0 Å². The number of aromatic nitrogens is 1. The molecule has 2 heterocycles. The van der Waals surface area contributed by atoms with E-state index in [0.29, 0.717) is 19.8 Å². The molecule has 178 valence electrons. The van der Waals surface area contributed by atoms with E-state index in [-0.39, 0.29) is 11.9 Å². The van der Waals surface area contributed by atoms with Gasteiger partial charge in [-0.15, -0.1) is 0 Å². The minimum Gasteiger partial charge on any atom is -0.379 e. The smallest absolute Gasteiger partial charge is 0.252 e. The van der Waals surface area contributed by atoms with Crippen molar-refractivity contribution in [3.63, 3.8) is 0 Å². The molecule has 0 unspecified atom stereocenters. The van der Waals surface area contributed by atoms with Crippen LogP contribution in [0.3, 0.4) is 0 Å². The lowest BCUT2D eigenvalue weighted by molar-refractivity contribution is 0.0341. The molecule has 1 aromatic heterocycles. The van der Waals surface area contributed by atoms with Crippen LogP contribution in [-0.4, -0.2) is 42.1 Å². The summed E-state index contributed by atoms with van der Waals surface area (Å²) in [6.07, 6.45) is 0.809. The minimum atomic E-state index is -0.0629. The zero-order valence-electron chi connectivity index (χ0n) is 20.1. The molecule has 1 saturated heterocycles. The van der Waals surface area contributed by atoms with Gasteiger partial charge in [0.25, 0.3) is 5.91 Å². The number of nitrogens with zero attached hydrogens (tertiary/aromatic N) is 2. The van der Waals surface area contributed by atoms with Gasteiger partial charge >= 0.3 is 0 Å². The number of para-hydroxylation sites is 1. The Morgan fingerprint density at radius 3 is 2.31 bits per heavy atom. The molecule has 0 aliphatic carbocycles. The lowest BCUT2D eigenvalue weighted by Crippen LogP contribution is -2.37. The number of morpholine rings is 1. The average molecular weight is 466 g/mol. The molecule has 3 aromatic carbocycles. The number of carbonyl (C=O) groups excluding carboxylic acids is 1. The third kappa shape index (κ3) is 5.11. The topological polar surface area (TPSA) is 54.5 Å². The van der Waals surface area contributed by atoms with Crippen LogP contribution in [0, 0.1) is 0 Å². The summed E-state index contributed by atoms with van der Waals surface area (Å²) in [6.45, 7) is 5.83. The van der Waals surface area contributed by atoms with E-state index in [1.54, 1.807) is 0 Å². The van der Waals surface area contributed by atoms with Crippen LogP contribution in [-0.2, 0) is 11.3 Å². The highest BCUT2D eigenvalue weighted by molar-refractivity contribution is 6.09. The molecule has 35 heavy (non-hydrogen) atoms. The van der Waals surface area contributed by atoms with Crippen LogP contribution in [0.15, 0.2) is 84.9 Å². The highest BCUT2D eigenvalue weighted by atomic mass is 16.5. The summed E-state index contributed by atoms with van der Waals surface area (Å²) in [6, 6.07) is 28.3. The van der Waals surface area contributed by atoms with Gasteiger partial charge in [0.1, 0.15) is 0 Å². The number of rotatable bonds is 7. The van der Waals surface area contributed by atoms with Gasteiger partial charge < -0.3 is 10.1 Å². The van der Waals surface area contributed by atoms with Gasteiger partial charge in [0.05, 0.1) is 36.0 Å². The Hall–Kier alpha value is -3.54. The van der Waals surface area contributed by atoms with Gasteiger partial charge in [-0.25, -0.2) is 4.98 Å². The summed E-state index contributed by atoms with van der Waals surface area (Å²) < 4.78 is 5.58. The van der Waals surface area contributed by atoms with Gasteiger partial charge in [-0.05, 0) is 18.1 Å². The number of pyridine rings is 1. The molecule has 1 aliphatic rings. The Labute approximate surface area is 206 Å². The zero-order chi connectivity index (χ0) is 24.0. The molecule has 1 N–H and O–H groups in total. The number of nitrogens with one attached hydrogen (secondary N) is 1. The first-order chi connectivity index (χ1) is 17.2. The molecule has 5 rings (SSSR count). The van der Waals surface area contributed by atoms with E-state index in [2.05, 4.69) is 41.4 Å². The van der Waals surface area contributed by atoms with E-state index >= 15 is 0 Å². The van der Waals surface area contributed by atoms with Crippen molar-refractivity contribution in [2.45, 2.75) is 25.9 Å². The maximum atomic E-state index is 14.1. The second-order valence-corrected chi connectivity index (χ2v) is 8.93. The number of ether oxygens (including phenoxy) is 1. The van der Waals surface area contributed by atoms with Crippen LogP contribution < -0.4 is 5.32 Å². The standard InChI is InChI=1S/C30H31N3O2/c1-2-26(22-11-5-3-6-12-22)32-30(34)28-24-15-9-10-16-27(24)31-29(23-13-7-4-8-14-23)25(28)21-33-17-19-35-20-18-33/h3-16,26H,2,17-21H2,1H3,(H,32,34)/t26-/m0/s1. The summed E-state index contributed by atoms with van der Waals surface area (Å²) in [5, 5.41) is 4.22. The summed E-state index contributed by atoms with van der Waals surface area (Å²) in [5.74, 6) is -0.0558. The maximum Gasteiger partial charge on any atom is 0.252 e. The lowest BCUT2D eigenvalue weighted by atomic mass is 9.94. The average Bonchev–Trinajstić information content (AvgIpc) is 2.92. The molecule has 1 aliphatic heterocycles. The van der Waals surface area contributed by atoms with E-state index in [0.717, 1.165) is 58.4 Å². The van der Waals surface area contributed by atoms with Crippen LogP contribution in [0.25, 0.3) is 22.2 Å². The van der Waals surface area contributed by atoms with Crippen LogP contribution >= 0.6 is 0 Å². The number of hydrogen-bond donors (Lipinski definition) is 1. The fourth-order valence-corrected chi connectivity index (χ4v) is 4.82. The third-order valence-electron chi connectivity index (χ3n) is 6.67. The van der Waals surface area contributed by atoms with Crippen molar-refractivity contribution in [1.82, 2.24) is 15.2 Å². The Morgan fingerprint density at radius 2 is 1.60 bits per heavy atom. The molecule has 5 heteroatoms. The van der Waals surface area contributed by atoms with Gasteiger partial charge in [-0.1, -0.05) is 85.8 Å². The number of benzene rings is 3. The molecule has 0 radical (unpaired) electrons. The van der Waals surface area contributed by atoms with Gasteiger partial charge in [-0.3, -0.25) is 9.69 Å². The highest BCUT2D eigenvalue weighted by Crippen LogP contribution is 2.32. The van der Waals surface area contributed by atoms with E-state index in [1.165, 1.54) is 0 Å². The number of fused-ring (bicyclic) bond motifs is 1. The molecule has 0 bridgehead atoms. The first kappa shape index (κ1) is 23.2. The quantitative estimate of drug-likeness (QED) is 0.385. The Balaban J connectivity index is 1.65.